The number of aromatic hydroxyl groups is 1. The van der Waals surface area contributed by atoms with E-state index in [1.165, 1.54) is 38.3 Å². The molecule has 0 spiro atoms. The van der Waals surface area contributed by atoms with Gasteiger partial charge in [0.25, 0.3) is 0 Å². The maximum Gasteiger partial charge on any atom is 0.240 e. The zero-order valence-electron chi connectivity index (χ0n) is 15.0. The largest absolute Gasteiger partial charge is 0.507 e. The average molecular weight is 340 g/mol. The first kappa shape index (κ1) is 19.0. The molecule has 25 heavy (non-hydrogen) atoms. The van der Waals surface area contributed by atoms with E-state index < -0.39 is 0 Å². The molecule has 134 valence electrons. The average Bonchev–Trinajstić information content (AvgIpc) is 2.63. The Bertz CT molecular complexity index is 710. The molecule has 0 fully saturated rings. The third-order valence-electron chi connectivity index (χ3n) is 4.33. The number of unbranched alkanes of at least 4 members (excludes halogenated alkanes) is 6. The van der Waals surface area contributed by atoms with E-state index in [4.69, 9.17) is 0 Å². The molecule has 0 unspecified atom stereocenters. The SMILES string of the molecule is CCCCCCCCCC(=O)N/N=C\c1ccc2ccccc2c1O. The second-order valence-corrected chi connectivity index (χ2v) is 6.39. The standard InChI is InChI=1S/C21H28N2O2/c1-2-3-4-5-6-7-8-13-20(24)23-22-16-18-15-14-17-11-9-10-12-19(17)21(18)25/h9-12,14-16,25H,2-8,13H2,1H3,(H,23,24)/b22-16-. The van der Waals surface area contributed by atoms with Crippen LogP contribution in [0.25, 0.3) is 10.8 Å². The maximum absolute atomic E-state index is 11.8. The number of carbonyl (C=O) groups excluding carboxylic acids is 1. The minimum absolute atomic E-state index is 0.0786. The van der Waals surface area contributed by atoms with Gasteiger partial charge in [-0.15, -0.1) is 0 Å². The number of fused-ring (bicyclic) bond motifs is 1. The lowest BCUT2D eigenvalue weighted by molar-refractivity contribution is -0.121. The van der Waals surface area contributed by atoms with Crippen LogP contribution >= 0.6 is 0 Å². The molecule has 0 saturated carbocycles. The lowest BCUT2D eigenvalue weighted by Gasteiger charge is -2.04. The number of phenols is 1. The van der Waals surface area contributed by atoms with Crippen molar-refractivity contribution in [2.75, 3.05) is 0 Å². The van der Waals surface area contributed by atoms with Crippen molar-refractivity contribution in [1.29, 1.82) is 0 Å². The van der Waals surface area contributed by atoms with Crippen molar-refractivity contribution in [1.82, 2.24) is 5.43 Å². The van der Waals surface area contributed by atoms with Crippen molar-refractivity contribution < 1.29 is 9.90 Å². The summed E-state index contributed by atoms with van der Waals surface area (Å²) in [6, 6.07) is 11.3. The number of carbonyl (C=O) groups is 1. The van der Waals surface area contributed by atoms with Crippen molar-refractivity contribution >= 4 is 22.9 Å². The molecule has 0 aromatic heterocycles. The van der Waals surface area contributed by atoms with Crippen LogP contribution in [0.4, 0.5) is 0 Å². The van der Waals surface area contributed by atoms with Crippen molar-refractivity contribution in [3.05, 3.63) is 42.0 Å². The van der Waals surface area contributed by atoms with Crippen LogP contribution < -0.4 is 5.43 Å². The highest BCUT2D eigenvalue weighted by Crippen LogP contribution is 2.27. The maximum atomic E-state index is 11.8. The Morgan fingerprint density at radius 3 is 2.56 bits per heavy atom. The molecule has 0 radical (unpaired) electrons. The van der Waals surface area contributed by atoms with Crippen LogP contribution in [0.5, 0.6) is 5.75 Å². The van der Waals surface area contributed by atoms with Gasteiger partial charge in [-0.25, -0.2) is 5.43 Å². The molecule has 0 atom stereocenters. The van der Waals surface area contributed by atoms with E-state index in [2.05, 4.69) is 17.5 Å². The molecule has 0 aliphatic heterocycles. The van der Waals surface area contributed by atoms with Crippen LogP contribution in [0.15, 0.2) is 41.5 Å². The number of hydrogen-bond donors (Lipinski definition) is 2. The summed E-state index contributed by atoms with van der Waals surface area (Å²) in [7, 11) is 0. The molecular formula is C21H28N2O2. The number of phenolic OH excluding ortho intramolecular Hbond substituents is 1. The predicted octanol–water partition coefficient (Wildman–Crippen LogP) is 5.14. The van der Waals surface area contributed by atoms with Gasteiger partial charge in [0.1, 0.15) is 5.75 Å². The van der Waals surface area contributed by atoms with E-state index in [-0.39, 0.29) is 11.7 Å². The minimum Gasteiger partial charge on any atom is -0.507 e. The van der Waals surface area contributed by atoms with E-state index in [1.54, 1.807) is 6.07 Å². The van der Waals surface area contributed by atoms with E-state index in [0.717, 1.165) is 23.6 Å². The molecule has 0 bridgehead atoms. The lowest BCUT2D eigenvalue weighted by atomic mass is 10.1. The van der Waals surface area contributed by atoms with E-state index in [1.807, 2.05) is 30.3 Å². The summed E-state index contributed by atoms with van der Waals surface area (Å²) in [4.78, 5) is 11.8. The first-order chi connectivity index (χ1) is 12.2. The molecule has 0 heterocycles. The third-order valence-corrected chi connectivity index (χ3v) is 4.33. The highest BCUT2D eigenvalue weighted by atomic mass is 16.3. The monoisotopic (exact) mass is 340 g/mol. The molecule has 1 amide bonds. The van der Waals surface area contributed by atoms with E-state index in [0.29, 0.717) is 12.0 Å². The van der Waals surface area contributed by atoms with Crippen molar-refractivity contribution in [2.24, 2.45) is 5.10 Å². The van der Waals surface area contributed by atoms with Gasteiger partial charge in [0.2, 0.25) is 5.91 Å². The van der Waals surface area contributed by atoms with Crippen molar-refractivity contribution in [3.8, 4) is 5.75 Å². The highest BCUT2D eigenvalue weighted by molar-refractivity contribution is 5.97. The minimum atomic E-state index is -0.0786. The Kier molecular flexibility index (Phi) is 7.96. The number of nitrogens with one attached hydrogen (secondary N) is 1. The summed E-state index contributed by atoms with van der Waals surface area (Å²) in [5.74, 6) is 0.105. The first-order valence-electron chi connectivity index (χ1n) is 9.25. The highest BCUT2D eigenvalue weighted by Gasteiger charge is 2.04. The van der Waals surface area contributed by atoms with Gasteiger partial charge < -0.3 is 5.11 Å². The Balaban J connectivity index is 1.73. The topological polar surface area (TPSA) is 61.7 Å². The fourth-order valence-corrected chi connectivity index (χ4v) is 2.85. The molecule has 4 nitrogen and oxygen atoms in total. The smallest absolute Gasteiger partial charge is 0.240 e. The number of amides is 1. The Morgan fingerprint density at radius 1 is 1.04 bits per heavy atom. The van der Waals surface area contributed by atoms with Crippen LogP contribution in [-0.4, -0.2) is 17.2 Å². The van der Waals surface area contributed by atoms with Gasteiger partial charge in [0.15, 0.2) is 0 Å². The molecule has 2 aromatic carbocycles. The van der Waals surface area contributed by atoms with Crippen LogP contribution in [0.1, 0.15) is 63.9 Å². The number of hydrogen-bond acceptors (Lipinski definition) is 3. The number of benzene rings is 2. The van der Waals surface area contributed by atoms with Gasteiger partial charge >= 0.3 is 0 Å². The summed E-state index contributed by atoms with van der Waals surface area (Å²) < 4.78 is 0. The summed E-state index contributed by atoms with van der Waals surface area (Å²) in [5, 5.41) is 16.0. The molecule has 4 heteroatoms. The van der Waals surface area contributed by atoms with Gasteiger partial charge in [0.05, 0.1) is 6.21 Å². The Morgan fingerprint density at radius 2 is 1.76 bits per heavy atom. The Hall–Kier alpha value is -2.36. The number of nitrogens with zero attached hydrogens (tertiary/aromatic N) is 1. The van der Waals surface area contributed by atoms with E-state index >= 15 is 0 Å². The summed E-state index contributed by atoms with van der Waals surface area (Å²) in [6.07, 6.45) is 10.3. The first-order valence-corrected chi connectivity index (χ1v) is 9.25. The zero-order valence-corrected chi connectivity index (χ0v) is 15.0. The molecule has 2 rings (SSSR count). The third kappa shape index (κ3) is 6.22. The second kappa shape index (κ2) is 10.5. The summed E-state index contributed by atoms with van der Waals surface area (Å²) in [6.45, 7) is 2.21. The lowest BCUT2D eigenvalue weighted by Crippen LogP contribution is -2.16. The molecule has 2 aromatic rings. The van der Waals surface area contributed by atoms with Gasteiger partial charge in [-0.1, -0.05) is 75.8 Å². The van der Waals surface area contributed by atoms with Gasteiger partial charge in [-0.05, 0) is 17.9 Å². The van der Waals surface area contributed by atoms with Gasteiger partial charge in [-0.3, -0.25) is 4.79 Å². The normalized spacial score (nSPS) is 11.2. The molecular weight excluding hydrogens is 312 g/mol. The quantitative estimate of drug-likeness (QED) is 0.357. The fourth-order valence-electron chi connectivity index (χ4n) is 2.85. The van der Waals surface area contributed by atoms with Gasteiger partial charge in [0, 0.05) is 17.4 Å². The van der Waals surface area contributed by atoms with Crippen LogP contribution in [0, 0.1) is 0 Å². The van der Waals surface area contributed by atoms with Crippen molar-refractivity contribution in [2.45, 2.75) is 58.3 Å². The molecule has 2 N–H and O–H groups in total. The van der Waals surface area contributed by atoms with E-state index in [9.17, 15) is 9.90 Å². The van der Waals surface area contributed by atoms with Crippen LogP contribution in [0.2, 0.25) is 0 Å². The molecule has 0 aliphatic carbocycles. The Labute approximate surface area is 149 Å². The molecule has 0 saturated heterocycles. The molecule has 0 aliphatic rings. The van der Waals surface area contributed by atoms with Crippen molar-refractivity contribution in [3.63, 3.8) is 0 Å². The van der Waals surface area contributed by atoms with Crippen LogP contribution in [0.3, 0.4) is 0 Å². The zero-order chi connectivity index (χ0) is 17.9. The van der Waals surface area contributed by atoms with Crippen LogP contribution in [-0.2, 0) is 4.79 Å². The summed E-state index contributed by atoms with van der Waals surface area (Å²) in [5.41, 5.74) is 3.13. The second-order valence-electron chi connectivity index (χ2n) is 6.39. The number of hydrazone groups is 1. The summed E-state index contributed by atoms with van der Waals surface area (Å²) >= 11 is 0. The number of rotatable bonds is 10. The predicted molar refractivity (Wildman–Crippen MR) is 104 cm³/mol. The fraction of sp³-hybridized carbons (Fsp3) is 0.429. The van der Waals surface area contributed by atoms with Gasteiger partial charge in [-0.2, -0.15) is 5.10 Å².